The number of nitrogens with one attached hydrogen (secondary N) is 2. The molecule has 0 aliphatic heterocycles. The zero-order chi connectivity index (χ0) is 23.8. The third-order valence-electron chi connectivity index (χ3n) is 5.15. The number of aromatic nitrogens is 2. The predicted molar refractivity (Wildman–Crippen MR) is 126 cm³/mol. The highest BCUT2D eigenvalue weighted by Crippen LogP contribution is 2.17. The maximum Gasteiger partial charge on any atom is 0.261 e. The molecule has 8 nitrogen and oxygen atoms in total. The minimum atomic E-state index is -3.83. The molecule has 3 rings (SSSR count). The van der Waals surface area contributed by atoms with Gasteiger partial charge in [0.2, 0.25) is 5.91 Å². The summed E-state index contributed by atoms with van der Waals surface area (Å²) in [7, 11) is -3.83. The zero-order valence-electron chi connectivity index (χ0n) is 18.7. The summed E-state index contributed by atoms with van der Waals surface area (Å²) in [5.41, 5.74) is 1.70. The number of carbonyl (C=O) groups is 1. The van der Waals surface area contributed by atoms with Crippen LogP contribution in [0.1, 0.15) is 19.4 Å². The quantitative estimate of drug-likeness (QED) is 0.445. The van der Waals surface area contributed by atoms with Crippen LogP contribution in [0.2, 0.25) is 0 Å². The lowest BCUT2D eigenvalue weighted by molar-refractivity contribution is -0.115. The number of benzene rings is 2. The maximum absolute atomic E-state index is 13.0. The van der Waals surface area contributed by atoms with Gasteiger partial charge in [0.05, 0.1) is 29.7 Å². The van der Waals surface area contributed by atoms with Crippen LogP contribution in [0.5, 0.6) is 0 Å². The second kappa shape index (κ2) is 11.1. The number of nitrogens with zero attached hydrogens (tertiary/aromatic N) is 3. The summed E-state index contributed by atoms with van der Waals surface area (Å²) in [5.74, 6) is -0.707. The summed E-state index contributed by atoms with van der Waals surface area (Å²) in [4.78, 5) is 14.6. The van der Waals surface area contributed by atoms with E-state index in [0.29, 0.717) is 11.4 Å². The first-order valence-corrected chi connectivity index (χ1v) is 12.2. The van der Waals surface area contributed by atoms with Crippen molar-refractivity contribution in [1.29, 1.82) is 0 Å². The lowest BCUT2D eigenvalue weighted by Crippen LogP contribution is -2.27. The molecule has 10 heteroatoms. The van der Waals surface area contributed by atoms with Gasteiger partial charge in [0.25, 0.3) is 10.0 Å². The van der Waals surface area contributed by atoms with Gasteiger partial charge in [-0.3, -0.25) is 14.2 Å². The van der Waals surface area contributed by atoms with Crippen LogP contribution in [0.25, 0.3) is 0 Å². The van der Waals surface area contributed by atoms with E-state index in [1.165, 1.54) is 12.1 Å². The number of hydrogen-bond donors (Lipinski definition) is 2. The van der Waals surface area contributed by atoms with Crippen molar-refractivity contribution in [2.75, 3.05) is 29.7 Å². The van der Waals surface area contributed by atoms with Gasteiger partial charge < -0.3 is 10.2 Å². The third kappa shape index (κ3) is 7.13. The number of amides is 1. The summed E-state index contributed by atoms with van der Waals surface area (Å²) < 4.78 is 42.0. The molecular formula is C23H28FN5O3S. The highest BCUT2D eigenvalue weighted by Gasteiger charge is 2.14. The van der Waals surface area contributed by atoms with E-state index in [-0.39, 0.29) is 17.2 Å². The Bertz CT molecular complexity index is 1160. The molecule has 0 bridgehead atoms. The van der Waals surface area contributed by atoms with Gasteiger partial charge in [-0.2, -0.15) is 5.10 Å². The topological polar surface area (TPSA) is 96.3 Å². The van der Waals surface area contributed by atoms with Crippen LogP contribution >= 0.6 is 0 Å². The van der Waals surface area contributed by atoms with Gasteiger partial charge in [-0.1, -0.05) is 26.0 Å². The molecule has 0 atom stereocenters. The monoisotopic (exact) mass is 473 g/mol. The standard InChI is InChI=1S/C23H28FN5O3S/c1-3-28(4-2)13-14-29-17-21(16-25-29)26-23(30)15-18-5-9-20(10-6-18)27-33(31,32)22-11-7-19(24)8-12-22/h5-12,16-17,27H,3-4,13-15H2,1-2H3,(H,26,30). The molecule has 0 aliphatic carbocycles. The van der Waals surface area contributed by atoms with Gasteiger partial charge in [-0.15, -0.1) is 0 Å². The summed E-state index contributed by atoms with van der Waals surface area (Å²) >= 11 is 0. The maximum atomic E-state index is 13.0. The largest absolute Gasteiger partial charge is 0.323 e. The van der Waals surface area contributed by atoms with Crippen molar-refractivity contribution in [2.45, 2.75) is 31.7 Å². The van der Waals surface area contributed by atoms with E-state index in [4.69, 9.17) is 0 Å². The average Bonchev–Trinajstić information content (AvgIpc) is 3.23. The molecule has 1 amide bonds. The molecule has 0 unspecified atom stereocenters. The van der Waals surface area contributed by atoms with Gasteiger partial charge in [-0.05, 0) is 55.1 Å². The van der Waals surface area contributed by atoms with Crippen LogP contribution in [0.4, 0.5) is 15.8 Å². The fraction of sp³-hybridized carbons (Fsp3) is 0.304. The number of anilines is 2. The molecule has 0 spiro atoms. The van der Waals surface area contributed by atoms with Gasteiger partial charge in [0, 0.05) is 18.4 Å². The molecule has 33 heavy (non-hydrogen) atoms. The Morgan fingerprint density at radius 2 is 1.70 bits per heavy atom. The summed E-state index contributed by atoms with van der Waals surface area (Å²) in [6.45, 7) is 7.82. The van der Waals surface area contributed by atoms with E-state index >= 15 is 0 Å². The second-order valence-electron chi connectivity index (χ2n) is 7.50. The molecule has 0 aliphatic rings. The molecule has 0 radical (unpaired) electrons. The fourth-order valence-electron chi connectivity index (χ4n) is 3.24. The number of halogens is 1. The van der Waals surface area contributed by atoms with Crippen LogP contribution in [0.3, 0.4) is 0 Å². The molecule has 1 aromatic heterocycles. The number of hydrogen-bond acceptors (Lipinski definition) is 5. The van der Waals surface area contributed by atoms with E-state index in [1.54, 1.807) is 41.3 Å². The fourth-order valence-corrected chi connectivity index (χ4v) is 4.30. The first kappa shape index (κ1) is 24.4. The van der Waals surface area contributed by atoms with E-state index < -0.39 is 15.8 Å². The molecule has 176 valence electrons. The Kier molecular flexibility index (Phi) is 8.18. The minimum Gasteiger partial charge on any atom is -0.323 e. The molecule has 3 aromatic rings. The molecule has 1 heterocycles. The van der Waals surface area contributed by atoms with Crippen LogP contribution in [-0.4, -0.2) is 48.6 Å². The van der Waals surface area contributed by atoms with Crippen molar-refractivity contribution in [1.82, 2.24) is 14.7 Å². The highest BCUT2D eigenvalue weighted by molar-refractivity contribution is 7.92. The number of rotatable bonds is 11. The normalized spacial score (nSPS) is 11.5. The molecular weight excluding hydrogens is 445 g/mol. The van der Waals surface area contributed by atoms with Crippen molar-refractivity contribution in [3.05, 3.63) is 72.3 Å². The van der Waals surface area contributed by atoms with Crippen molar-refractivity contribution < 1.29 is 17.6 Å². The predicted octanol–water partition coefficient (Wildman–Crippen LogP) is 3.35. The van der Waals surface area contributed by atoms with E-state index in [1.807, 2.05) is 0 Å². The third-order valence-corrected chi connectivity index (χ3v) is 6.55. The average molecular weight is 474 g/mol. The smallest absolute Gasteiger partial charge is 0.261 e. The van der Waals surface area contributed by atoms with E-state index in [9.17, 15) is 17.6 Å². The van der Waals surface area contributed by atoms with Crippen molar-refractivity contribution >= 4 is 27.3 Å². The molecule has 0 saturated heterocycles. The summed E-state index contributed by atoms with van der Waals surface area (Å²) in [6.07, 6.45) is 3.55. The number of likely N-dealkylation sites (N-methyl/N-ethyl adjacent to an activating group) is 1. The van der Waals surface area contributed by atoms with Crippen LogP contribution < -0.4 is 10.0 Å². The van der Waals surface area contributed by atoms with Gasteiger partial charge in [0.1, 0.15) is 5.82 Å². The van der Waals surface area contributed by atoms with Crippen molar-refractivity contribution in [3.63, 3.8) is 0 Å². The lowest BCUT2D eigenvalue weighted by atomic mass is 10.1. The van der Waals surface area contributed by atoms with Crippen molar-refractivity contribution in [3.8, 4) is 0 Å². The first-order valence-electron chi connectivity index (χ1n) is 10.7. The number of carbonyl (C=O) groups excluding carboxylic acids is 1. The second-order valence-corrected chi connectivity index (χ2v) is 9.18. The molecule has 0 saturated carbocycles. The first-order chi connectivity index (χ1) is 15.8. The van der Waals surface area contributed by atoms with Gasteiger partial charge in [-0.25, -0.2) is 12.8 Å². The SMILES string of the molecule is CCN(CC)CCn1cc(NC(=O)Cc2ccc(NS(=O)(=O)c3ccc(F)cc3)cc2)cn1. The summed E-state index contributed by atoms with van der Waals surface area (Å²) in [6, 6.07) is 11.1. The zero-order valence-corrected chi connectivity index (χ0v) is 19.5. The summed E-state index contributed by atoms with van der Waals surface area (Å²) in [5, 5.41) is 7.11. The highest BCUT2D eigenvalue weighted by atomic mass is 32.2. The number of sulfonamides is 1. The van der Waals surface area contributed by atoms with Gasteiger partial charge in [0.15, 0.2) is 0 Å². The van der Waals surface area contributed by atoms with E-state index in [2.05, 4.69) is 33.9 Å². The lowest BCUT2D eigenvalue weighted by Gasteiger charge is -2.17. The van der Waals surface area contributed by atoms with Crippen molar-refractivity contribution in [2.24, 2.45) is 0 Å². The molecule has 2 N–H and O–H groups in total. The van der Waals surface area contributed by atoms with E-state index in [0.717, 1.165) is 43.9 Å². The Labute approximate surface area is 193 Å². The van der Waals surface area contributed by atoms with Gasteiger partial charge >= 0.3 is 0 Å². The molecule has 2 aromatic carbocycles. The Hall–Kier alpha value is -3.24. The van der Waals surface area contributed by atoms with Crippen LogP contribution in [0, 0.1) is 5.82 Å². The minimum absolute atomic E-state index is 0.0370. The molecule has 0 fully saturated rings. The Morgan fingerprint density at radius 1 is 1.03 bits per heavy atom. The van der Waals surface area contributed by atoms with Crippen LogP contribution in [-0.2, 0) is 27.8 Å². The Morgan fingerprint density at radius 3 is 2.33 bits per heavy atom. The Balaban J connectivity index is 1.52. The van der Waals surface area contributed by atoms with Crippen LogP contribution in [0.15, 0.2) is 65.8 Å².